The van der Waals surface area contributed by atoms with Crippen LogP contribution in [0.1, 0.15) is 24.8 Å². The van der Waals surface area contributed by atoms with Crippen LogP contribution in [0.2, 0.25) is 0 Å². The predicted molar refractivity (Wildman–Crippen MR) is 126 cm³/mol. The summed E-state index contributed by atoms with van der Waals surface area (Å²) in [5, 5.41) is 0. The zero-order chi connectivity index (χ0) is 22.3. The summed E-state index contributed by atoms with van der Waals surface area (Å²) in [6, 6.07) is 9.84. The summed E-state index contributed by atoms with van der Waals surface area (Å²) in [6.07, 6.45) is 6.35. The van der Waals surface area contributed by atoms with Crippen molar-refractivity contribution in [2.24, 2.45) is 5.92 Å². The topological polar surface area (TPSA) is 83.5 Å². The van der Waals surface area contributed by atoms with E-state index in [9.17, 15) is 13.2 Å². The van der Waals surface area contributed by atoms with Gasteiger partial charge in [0.05, 0.1) is 26.7 Å². The standard InChI is InChI=1S/C23H26N4O3S2/c1-32(29,30)19-8-9-21(24-13-19)26-10-11-27-18(14-26)12-17(23(27)28)6-2-4-16-5-3-7-20-22(16)31-15-25-20/h3,5,7-9,13,15,17-18H,2,4,6,10-12,14H2,1H3/t17-,18-/m0/s1. The summed E-state index contributed by atoms with van der Waals surface area (Å²) in [7, 11) is -3.25. The van der Waals surface area contributed by atoms with E-state index in [0.717, 1.165) is 43.6 Å². The first kappa shape index (κ1) is 21.3. The molecule has 0 aliphatic carbocycles. The third-order valence-corrected chi connectivity index (χ3v) is 8.60. The minimum atomic E-state index is -3.25. The molecule has 2 saturated heterocycles. The van der Waals surface area contributed by atoms with Gasteiger partial charge in [-0.1, -0.05) is 12.1 Å². The molecule has 2 aliphatic heterocycles. The quantitative estimate of drug-likeness (QED) is 0.550. The molecule has 0 bridgehead atoms. The molecular formula is C23H26N4O3S2. The fraction of sp³-hybridized carbons (Fsp3) is 0.435. The number of amides is 1. The number of fused-ring (bicyclic) bond motifs is 2. The molecule has 32 heavy (non-hydrogen) atoms. The van der Waals surface area contributed by atoms with Gasteiger partial charge in [0.1, 0.15) is 5.82 Å². The molecule has 4 heterocycles. The minimum absolute atomic E-state index is 0.0844. The van der Waals surface area contributed by atoms with Crippen LogP contribution in [0.3, 0.4) is 0 Å². The second-order valence-electron chi connectivity index (χ2n) is 8.70. The van der Waals surface area contributed by atoms with Crippen molar-refractivity contribution in [3.63, 3.8) is 0 Å². The first-order valence-corrected chi connectivity index (χ1v) is 13.7. The molecule has 5 rings (SSSR count). The van der Waals surface area contributed by atoms with Crippen molar-refractivity contribution < 1.29 is 13.2 Å². The average Bonchev–Trinajstić information content (AvgIpc) is 3.38. The summed E-state index contributed by atoms with van der Waals surface area (Å²) in [6.45, 7) is 2.15. The van der Waals surface area contributed by atoms with Gasteiger partial charge in [-0.15, -0.1) is 11.3 Å². The van der Waals surface area contributed by atoms with Gasteiger partial charge in [-0.05, 0) is 49.4 Å². The van der Waals surface area contributed by atoms with E-state index in [2.05, 4.69) is 27.0 Å². The number of sulfone groups is 1. The third kappa shape index (κ3) is 4.11. The van der Waals surface area contributed by atoms with E-state index in [1.54, 1.807) is 23.5 Å². The number of aryl methyl sites for hydroxylation is 1. The maximum absolute atomic E-state index is 13.0. The van der Waals surface area contributed by atoms with Crippen molar-refractivity contribution in [2.75, 3.05) is 30.8 Å². The number of piperazine rings is 1. The maximum Gasteiger partial charge on any atom is 0.226 e. The van der Waals surface area contributed by atoms with Crippen molar-refractivity contribution in [2.45, 2.75) is 36.6 Å². The minimum Gasteiger partial charge on any atom is -0.353 e. The summed E-state index contributed by atoms with van der Waals surface area (Å²) in [4.78, 5) is 26.1. The number of hydrogen-bond acceptors (Lipinski definition) is 7. The average molecular weight is 471 g/mol. The summed E-state index contributed by atoms with van der Waals surface area (Å²) < 4.78 is 24.6. The van der Waals surface area contributed by atoms with E-state index in [0.29, 0.717) is 13.1 Å². The number of rotatable bonds is 6. The number of benzene rings is 1. The van der Waals surface area contributed by atoms with Crippen molar-refractivity contribution in [3.8, 4) is 0 Å². The molecule has 168 valence electrons. The Morgan fingerprint density at radius 3 is 2.81 bits per heavy atom. The zero-order valence-corrected chi connectivity index (χ0v) is 19.6. The van der Waals surface area contributed by atoms with E-state index < -0.39 is 9.84 Å². The summed E-state index contributed by atoms with van der Waals surface area (Å²) >= 11 is 1.68. The second-order valence-corrected chi connectivity index (χ2v) is 11.6. The molecule has 2 atom stereocenters. The number of aromatic nitrogens is 2. The number of hydrogen-bond donors (Lipinski definition) is 0. The molecule has 0 saturated carbocycles. The molecule has 0 N–H and O–H groups in total. The normalized spacial score (nSPS) is 21.3. The number of nitrogens with zero attached hydrogens (tertiary/aromatic N) is 4. The Morgan fingerprint density at radius 1 is 1.16 bits per heavy atom. The Bertz CT molecular complexity index is 1240. The highest BCUT2D eigenvalue weighted by atomic mass is 32.2. The van der Waals surface area contributed by atoms with Gasteiger partial charge in [-0.25, -0.2) is 18.4 Å². The van der Waals surface area contributed by atoms with Crippen molar-refractivity contribution in [3.05, 3.63) is 47.6 Å². The van der Waals surface area contributed by atoms with E-state index in [1.807, 2.05) is 16.5 Å². The van der Waals surface area contributed by atoms with Crippen LogP contribution in [0.5, 0.6) is 0 Å². The number of carbonyl (C=O) groups is 1. The summed E-state index contributed by atoms with van der Waals surface area (Å²) in [5.41, 5.74) is 4.27. The van der Waals surface area contributed by atoms with Gasteiger partial charge in [0.25, 0.3) is 0 Å². The van der Waals surface area contributed by atoms with E-state index in [1.165, 1.54) is 22.7 Å². The smallest absolute Gasteiger partial charge is 0.226 e. The van der Waals surface area contributed by atoms with Crippen molar-refractivity contribution in [1.29, 1.82) is 0 Å². The van der Waals surface area contributed by atoms with E-state index in [-0.39, 0.29) is 22.8 Å². The lowest BCUT2D eigenvalue weighted by molar-refractivity contribution is -0.132. The molecule has 2 aromatic heterocycles. The molecule has 1 amide bonds. The van der Waals surface area contributed by atoms with Crippen LogP contribution in [0.15, 0.2) is 46.9 Å². The van der Waals surface area contributed by atoms with Crippen LogP contribution in [-0.2, 0) is 21.1 Å². The van der Waals surface area contributed by atoms with Crippen molar-refractivity contribution >= 4 is 43.1 Å². The Balaban J connectivity index is 1.19. The van der Waals surface area contributed by atoms with Gasteiger partial charge >= 0.3 is 0 Å². The van der Waals surface area contributed by atoms with Gasteiger partial charge in [-0.3, -0.25) is 4.79 Å². The first-order chi connectivity index (χ1) is 15.4. The first-order valence-electron chi connectivity index (χ1n) is 10.9. The van der Waals surface area contributed by atoms with Gasteiger partial charge in [0.15, 0.2) is 9.84 Å². The zero-order valence-electron chi connectivity index (χ0n) is 18.0. The predicted octanol–water partition coefficient (Wildman–Crippen LogP) is 3.15. The molecule has 1 aromatic carbocycles. The lowest BCUT2D eigenvalue weighted by Crippen LogP contribution is -2.51. The Hall–Kier alpha value is -2.52. The number of thiazole rings is 1. The molecule has 7 nitrogen and oxygen atoms in total. The lowest BCUT2D eigenvalue weighted by Gasteiger charge is -2.38. The fourth-order valence-corrected chi connectivity index (χ4v) is 6.31. The molecule has 0 spiro atoms. The Labute approximate surface area is 192 Å². The highest BCUT2D eigenvalue weighted by Crippen LogP contribution is 2.33. The Kier molecular flexibility index (Phi) is 5.63. The highest BCUT2D eigenvalue weighted by molar-refractivity contribution is 7.90. The fourth-order valence-electron chi connectivity index (χ4n) is 4.92. The SMILES string of the molecule is CS(=O)(=O)c1ccc(N2CCN3C(=O)[C@@H](CCCc4cccc5ncsc45)C[C@H]3C2)nc1. The van der Waals surface area contributed by atoms with Gasteiger partial charge in [-0.2, -0.15) is 0 Å². The molecule has 2 fully saturated rings. The van der Waals surface area contributed by atoms with Crippen molar-refractivity contribution in [1.82, 2.24) is 14.9 Å². The van der Waals surface area contributed by atoms with Crippen LogP contribution in [-0.4, -0.2) is 61.1 Å². The number of carbonyl (C=O) groups excluding carboxylic acids is 1. The second kappa shape index (κ2) is 8.44. The third-order valence-electron chi connectivity index (χ3n) is 6.58. The molecule has 0 unspecified atom stereocenters. The van der Waals surface area contributed by atoms with Crippen LogP contribution in [0.4, 0.5) is 5.82 Å². The molecule has 9 heteroatoms. The van der Waals surface area contributed by atoms with Gasteiger partial charge in [0, 0.05) is 38.0 Å². The molecule has 2 aliphatic rings. The largest absolute Gasteiger partial charge is 0.353 e. The monoisotopic (exact) mass is 470 g/mol. The molecule has 3 aromatic rings. The number of anilines is 1. The van der Waals surface area contributed by atoms with Gasteiger partial charge in [0.2, 0.25) is 5.91 Å². The Morgan fingerprint density at radius 2 is 2.03 bits per heavy atom. The van der Waals surface area contributed by atoms with E-state index >= 15 is 0 Å². The van der Waals surface area contributed by atoms with Crippen LogP contribution >= 0.6 is 11.3 Å². The van der Waals surface area contributed by atoms with Gasteiger partial charge < -0.3 is 9.80 Å². The van der Waals surface area contributed by atoms with Crippen LogP contribution in [0.25, 0.3) is 10.2 Å². The summed E-state index contributed by atoms with van der Waals surface area (Å²) in [5.74, 6) is 1.14. The lowest BCUT2D eigenvalue weighted by atomic mass is 9.96. The molecule has 0 radical (unpaired) electrons. The van der Waals surface area contributed by atoms with Crippen LogP contribution < -0.4 is 4.90 Å². The van der Waals surface area contributed by atoms with Crippen LogP contribution in [0, 0.1) is 5.92 Å². The maximum atomic E-state index is 13.0. The number of pyridine rings is 1. The highest BCUT2D eigenvalue weighted by Gasteiger charge is 2.42. The van der Waals surface area contributed by atoms with E-state index in [4.69, 9.17) is 0 Å². The molecular weight excluding hydrogens is 444 g/mol.